The number of likely N-dealkylation sites (tertiary alicyclic amines) is 1. The number of hydrogen-bond acceptors (Lipinski definition) is 5. The molecule has 0 aliphatic carbocycles. The van der Waals surface area contributed by atoms with Crippen LogP contribution in [0.5, 0.6) is 0 Å². The second kappa shape index (κ2) is 7.48. The molecule has 0 amide bonds. The fourth-order valence-electron chi connectivity index (χ4n) is 2.59. The van der Waals surface area contributed by atoms with Crippen molar-refractivity contribution in [3.8, 4) is 0 Å². The van der Waals surface area contributed by atoms with E-state index in [-0.39, 0.29) is 16.7 Å². The average molecular weight is 381 g/mol. The predicted octanol–water partition coefficient (Wildman–Crippen LogP) is 1.13. The Balaban J connectivity index is 1.84. The lowest BCUT2D eigenvalue weighted by atomic mass is 10.1. The quantitative estimate of drug-likeness (QED) is 0.799. The molecule has 0 saturated carbocycles. The first-order valence-electron chi connectivity index (χ1n) is 7.34. The van der Waals surface area contributed by atoms with Gasteiger partial charge in [-0.1, -0.05) is 11.6 Å². The van der Waals surface area contributed by atoms with Gasteiger partial charge in [0.15, 0.2) is 9.84 Å². The Morgan fingerprint density at radius 2 is 1.70 bits per heavy atom. The second-order valence-corrected chi connectivity index (χ2v) is 10.1. The first-order valence-corrected chi connectivity index (χ1v) is 11.3. The van der Waals surface area contributed by atoms with E-state index in [4.69, 9.17) is 11.6 Å². The van der Waals surface area contributed by atoms with E-state index >= 15 is 0 Å². The van der Waals surface area contributed by atoms with Gasteiger partial charge in [0.25, 0.3) is 0 Å². The summed E-state index contributed by atoms with van der Waals surface area (Å²) in [6.45, 7) is 1.81. The molecule has 2 rings (SSSR count). The fourth-order valence-corrected chi connectivity index (χ4v) is 4.84. The van der Waals surface area contributed by atoms with E-state index < -0.39 is 19.9 Å². The minimum atomic E-state index is -3.33. The Kier molecular flexibility index (Phi) is 6.07. The van der Waals surface area contributed by atoms with Crippen LogP contribution >= 0.6 is 11.6 Å². The number of nitrogens with zero attached hydrogens (tertiary/aromatic N) is 1. The smallest absolute Gasteiger partial charge is 0.208 e. The number of benzene rings is 1. The maximum absolute atomic E-state index is 12.3. The maximum atomic E-state index is 12.3. The third-order valence-electron chi connectivity index (χ3n) is 3.82. The molecule has 9 heteroatoms. The Hall–Kier alpha value is -0.670. The highest BCUT2D eigenvalue weighted by atomic mass is 35.5. The van der Waals surface area contributed by atoms with E-state index in [1.54, 1.807) is 12.1 Å². The molecular formula is C14H21ClN2O4S2. The lowest BCUT2D eigenvalue weighted by Crippen LogP contribution is -2.45. The summed E-state index contributed by atoms with van der Waals surface area (Å²) in [6.07, 6.45) is 2.53. The molecule has 130 valence electrons. The molecule has 1 saturated heterocycles. The highest BCUT2D eigenvalue weighted by Gasteiger charge is 2.23. The minimum absolute atomic E-state index is 0.0405. The van der Waals surface area contributed by atoms with Crippen LogP contribution in [0.2, 0.25) is 5.02 Å². The number of halogens is 1. The molecule has 1 aromatic carbocycles. The molecule has 1 aliphatic heterocycles. The van der Waals surface area contributed by atoms with Gasteiger partial charge in [0, 0.05) is 17.6 Å². The van der Waals surface area contributed by atoms with E-state index in [2.05, 4.69) is 4.72 Å². The van der Waals surface area contributed by atoms with Crippen molar-refractivity contribution in [3.63, 3.8) is 0 Å². The van der Waals surface area contributed by atoms with Gasteiger partial charge in [-0.2, -0.15) is 0 Å². The van der Waals surface area contributed by atoms with E-state index in [0.29, 0.717) is 37.5 Å². The third kappa shape index (κ3) is 6.04. The van der Waals surface area contributed by atoms with Crippen molar-refractivity contribution < 1.29 is 16.8 Å². The highest BCUT2D eigenvalue weighted by Crippen LogP contribution is 2.17. The van der Waals surface area contributed by atoms with Crippen molar-refractivity contribution in [2.45, 2.75) is 23.8 Å². The number of piperidine rings is 1. The van der Waals surface area contributed by atoms with Gasteiger partial charge in [-0.3, -0.25) is 0 Å². The molecule has 0 unspecified atom stereocenters. The fraction of sp³-hybridized carbons (Fsp3) is 0.571. The maximum Gasteiger partial charge on any atom is 0.208 e. The zero-order valence-electron chi connectivity index (χ0n) is 12.9. The summed E-state index contributed by atoms with van der Waals surface area (Å²) in [4.78, 5) is 2.32. The second-order valence-electron chi connectivity index (χ2n) is 5.78. The molecule has 1 fully saturated rings. The minimum Gasteiger partial charge on any atom is -0.302 e. The standard InChI is InChI=1S/C14H21ClN2O4S2/c1-22(18,19)16-13-6-8-17(9-7-13)10-11-23(20,21)14-4-2-12(15)3-5-14/h2-5,13,16H,6-11H2,1H3. The monoisotopic (exact) mass is 380 g/mol. The highest BCUT2D eigenvalue weighted by molar-refractivity contribution is 7.91. The summed E-state index contributed by atoms with van der Waals surface area (Å²) < 4.78 is 49.6. The van der Waals surface area contributed by atoms with Crippen molar-refractivity contribution >= 4 is 31.5 Å². The topological polar surface area (TPSA) is 83.6 Å². The first kappa shape index (κ1) is 18.7. The molecule has 1 aromatic rings. The summed E-state index contributed by atoms with van der Waals surface area (Å²) >= 11 is 5.77. The van der Waals surface area contributed by atoms with Crippen molar-refractivity contribution in [3.05, 3.63) is 29.3 Å². The number of nitrogens with one attached hydrogen (secondary N) is 1. The van der Waals surface area contributed by atoms with Crippen molar-refractivity contribution in [1.29, 1.82) is 0 Å². The average Bonchev–Trinajstić information content (AvgIpc) is 2.45. The zero-order chi connectivity index (χ0) is 17.1. The molecule has 0 aromatic heterocycles. The van der Waals surface area contributed by atoms with E-state index in [0.717, 1.165) is 6.26 Å². The molecule has 0 radical (unpaired) electrons. The molecule has 1 N–H and O–H groups in total. The largest absolute Gasteiger partial charge is 0.302 e. The molecular weight excluding hydrogens is 360 g/mol. The predicted molar refractivity (Wildman–Crippen MR) is 90.9 cm³/mol. The Bertz CT molecular complexity index is 725. The van der Waals surface area contributed by atoms with E-state index in [9.17, 15) is 16.8 Å². The number of sulfonamides is 1. The van der Waals surface area contributed by atoms with Gasteiger partial charge in [-0.25, -0.2) is 21.6 Å². The Morgan fingerprint density at radius 1 is 1.13 bits per heavy atom. The Labute approximate surface area is 142 Å². The van der Waals surface area contributed by atoms with E-state index in [1.807, 2.05) is 4.90 Å². The van der Waals surface area contributed by atoms with Gasteiger partial charge in [0.05, 0.1) is 16.9 Å². The van der Waals surface area contributed by atoms with Gasteiger partial charge in [0.1, 0.15) is 0 Å². The Morgan fingerprint density at radius 3 is 2.22 bits per heavy atom. The van der Waals surface area contributed by atoms with Crippen LogP contribution in [0.25, 0.3) is 0 Å². The zero-order valence-corrected chi connectivity index (χ0v) is 15.3. The van der Waals surface area contributed by atoms with Gasteiger partial charge in [-0.15, -0.1) is 0 Å². The van der Waals surface area contributed by atoms with Gasteiger partial charge >= 0.3 is 0 Å². The van der Waals surface area contributed by atoms with Crippen LogP contribution < -0.4 is 4.72 Å². The summed E-state index contributed by atoms with van der Waals surface area (Å²) in [5.74, 6) is 0.0405. The van der Waals surface area contributed by atoms with Crippen LogP contribution in [-0.4, -0.2) is 59.4 Å². The number of rotatable bonds is 6. The summed E-state index contributed by atoms with van der Waals surface area (Å²) in [6, 6.07) is 6.10. The number of sulfone groups is 1. The molecule has 0 bridgehead atoms. The van der Waals surface area contributed by atoms with Crippen molar-refractivity contribution in [2.75, 3.05) is 31.6 Å². The molecule has 0 spiro atoms. The SMILES string of the molecule is CS(=O)(=O)NC1CCN(CCS(=O)(=O)c2ccc(Cl)cc2)CC1. The summed E-state index contributed by atoms with van der Waals surface area (Å²) in [5, 5.41) is 0.504. The van der Waals surface area contributed by atoms with Crippen LogP contribution in [0.1, 0.15) is 12.8 Å². The van der Waals surface area contributed by atoms with Gasteiger partial charge in [0.2, 0.25) is 10.0 Å². The van der Waals surface area contributed by atoms with Crippen LogP contribution in [0.15, 0.2) is 29.2 Å². The lowest BCUT2D eigenvalue weighted by Gasteiger charge is -2.31. The molecule has 0 atom stereocenters. The van der Waals surface area contributed by atoms with E-state index in [1.165, 1.54) is 12.1 Å². The first-order chi connectivity index (χ1) is 10.7. The molecule has 23 heavy (non-hydrogen) atoms. The molecule has 1 heterocycles. The van der Waals surface area contributed by atoms with Gasteiger partial charge in [-0.05, 0) is 50.2 Å². The number of hydrogen-bond donors (Lipinski definition) is 1. The summed E-state index contributed by atoms with van der Waals surface area (Å²) in [7, 11) is -6.52. The van der Waals surface area contributed by atoms with Crippen LogP contribution in [0.3, 0.4) is 0 Å². The molecule has 1 aliphatic rings. The van der Waals surface area contributed by atoms with Crippen LogP contribution in [-0.2, 0) is 19.9 Å². The molecule has 6 nitrogen and oxygen atoms in total. The summed E-state index contributed by atoms with van der Waals surface area (Å²) in [5.41, 5.74) is 0. The van der Waals surface area contributed by atoms with Crippen molar-refractivity contribution in [2.24, 2.45) is 0 Å². The van der Waals surface area contributed by atoms with Crippen LogP contribution in [0, 0.1) is 0 Å². The third-order valence-corrected chi connectivity index (χ3v) is 6.54. The van der Waals surface area contributed by atoms with Crippen LogP contribution in [0.4, 0.5) is 0 Å². The van der Waals surface area contributed by atoms with Gasteiger partial charge < -0.3 is 4.90 Å². The normalized spacial score (nSPS) is 18.2. The van der Waals surface area contributed by atoms with Crippen molar-refractivity contribution in [1.82, 2.24) is 9.62 Å². The lowest BCUT2D eigenvalue weighted by molar-refractivity contribution is 0.218.